The Kier molecular flexibility index (Phi) is 4.43. The topological polar surface area (TPSA) is 33.3 Å². The van der Waals surface area contributed by atoms with Gasteiger partial charge in [-0.05, 0) is 37.2 Å². The molecule has 2 rings (SSSR count). The van der Waals surface area contributed by atoms with Crippen LogP contribution in [0.25, 0.3) is 0 Å². The lowest BCUT2D eigenvalue weighted by molar-refractivity contribution is 0.114. The van der Waals surface area contributed by atoms with E-state index in [1.54, 1.807) is 0 Å². The van der Waals surface area contributed by atoms with Crippen LogP contribution in [0.3, 0.4) is 0 Å². The van der Waals surface area contributed by atoms with Crippen molar-refractivity contribution >= 4 is 23.0 Å². The molecule has 2 N–H and O–H groups in total. The van der Waals surface area contributed by atoms with Crippen LogP contribution in [0.1, 0.15) is 12.8 Å². The van der Waals surface area contributed by atoms with E-state index in [4.69, 9.17) is 17.0 Å². The quantitative estimate of drug-likeness (QED) is 0.828. The first-order valence-corrected chi connectivity index (χ1v) is 6.17. The summed E-state index contributed by atoms with van der Waals surface area (Å²) in [6.45, 7) is 1.37. The normalized spacial score (nSPS) is 18.7. The molecule has 1 heterocycles. The van der Waals surface area contributed by atoms with Gasteiger partial charge in [-0.15, -0.1) is 0 Å². The number of hydrogen-bond acceptors (Lipinski definition) is 2. The Morgan fingerprint density at radius 2 is 2.28 bits per heavy atom. The molecule has 1 aromatic rings. The molecule has 1 fully saturated rings. The third-order valence-corrected chi connectivity index (χ3v) is 2.94. The number of nitrogens with one attached hydrogen (secondary N) is 2. The van der Waals surface area contributed by atoms with Gasteiger partial charge in [0.1, 0.15) is 11.6 Å². The number of anilines is 1. The van der Waals surface area contributed by atoms with Crippen molar-refractivity contribution < 1.29 is 13.5 Å². The van der Waals surface area contributed by atoms with Gasteiger partial charge in [0.05, 0.1) is 11.8 Å². The second kappa shape index (κ2) is 6.06. The van der Waals surface area contributed by atoms with Crippen molar-refractivity contribution in [2.75, 3.05) is 18.5 Å². The molecule has 1 atom stereocenters. The van der Waals surface area contributed by atoms with E-state index in [2.05, 4.69) is 10.6 Å². The van der Waals surface area contributed by atoms with Crippen molar-refractivity contribution in [2.24, 2.45) is 0 Å². The Morgan fingerprint density at radius 3 is 2.94 bits per heavy atom. The van der Waals surface area contributed by atoms with Crippen LogP contribution in [0.2, 0.25) is 0 Å². The third-order valence-electron chi connectivity index (χ3n) is 2.69. The first-order valence-electron chi connectivity index (χ1n) is 5.76. The molecule has 1 saturated heterocycles. The van der Waals surface area contributed by atoms with Crippen LogP contribution >= 0.6 is 12.2 Å². The average molecular weight is 272 g/mol. The molecular formula is C12H14F2N2OS. The van der Waals surface area contributed by atoms with Crippen LogP contribution in [-0.2, 0) is 4.74 Å². The highest BCUT2D eigenvalue weighted by atomic mass is 32.1. The Morgan fingerprint density at radius 1 is 1.44 bits per heavy atom. The van der Waals surface area contributed by atoms with Crippen molar-refractivity contribution in [3.8, 4) is 0 Å². The van der Waals surface area contributed by atoms with Gasteiger partial charge in [-0.1, -0.05) is 0 Å². The van der Waals surface area contributed by atoms with Crippen molar-refractivity contribution in [2.45, 2.75) is 18.9 Å². The maximum absolute atomic E-state index is 13.3. The first kappa shape index (κ1) is 13.2. The number of thiocarbonyl (C=S) groups is 1. The molecule has 1 unspecified atom stereocenters. The Balaban J connectivity index is 1.82. The Labute approximate surface area is 110 Å². The van der Waals surface area contributed by atoms with Crippen molar-refractivity contribution in [1.29, 1.82) is 0 Å². The molecule has 18 heavy (non-hydrogen) atoms. The minimum atomic E-state index is -0.670. The SMILES string of the molecule is Fc1ccc(NC(=S)NCC2CCCO2)c(F)c1. The van der Waals surface area contributed by atoms with E-state index in [0.29, 0.717) is 11.7 Å². The summed E-state index contributed by atoms with van der Waals surface area (Å²) < 4.78 is 31.5. The van der Waals surface area contributed by atoms with Crippen LogP contribution in [0.4, 0.5) is 14.5 Å². The van der Waals surface area contributed by atoms with E-state index in [1.165, 1.54) is 12.1 Å². The number of rotatable bonds is 3. The summed E-state index contributed by atoms with van der Waals surface area (Å²) in [5.41, 5.74) is 0.154. The van der Waals surface area contributed by atoms with Crippen molar-refractivity contribution in [3.63, 3.8) is 0 Å². The molecule has 0 aliphatic carbocycles. The molecule has 1 aliphatic rings. The van der Waals surface area contributed by atoms with Gasteiger partial charge in [0.2, 0.25) is 0 Å². The van der Waals surface area contributed by atoms with Crippen LogP contribution in [0.15, 0.2) is 18.2 Å². The molecule has 6 heteroatoms. The van der Waals surface area contributed by atoms with E-state index < -0.39 is 11.6 Å². The summed E-state index contributed by atoms with van der Waals surface area (Å²) in [5.74, 6) is -1.28. The van der Waals surface area contributed by atoms with Crippen LogP contribution < -0.4 is 10.6 Å². The maximum atomic E-state index is 13.3. The summed E-state index contributed by atoms with van der Waals surface area (Å²) >= 11 is 5.02. The van der Waals surface area contributed by atoms with Gasteiger partial charge in [-0.25, -0.2) is 8.78 Å². The monoisotopic (exact) mass is 272 g/mol. The van der Waals surface area contributed by atoms with Crippen LogP contribution in [0.5, 0.6) is 0 Å². The molecule has 0 spiro atoms. The van der Waals surface area contributed by atoms with E-state index in [9.17, 15) is 8.78 Å². The molecule has 0 saturated carbocycles. The molecule has 1 aromatic carbocycles. The fourth-order valence-corrected chi connectivity index (χ4v) is 1.96. The summed E-state index contributed by atoms with van der Waals surface area (Å²) in [7, 11) is 0. The molecular weight excluding hydrogens is 258 g/mol. The lowest BCUT2D eigenvalue weighted by Crippen LogP contribution is -2.35. The zero-order chi connectivity index (χ0) is 13.0. The molecule has 3 nitrogen and oxygen atoms in total. The van der Waals surface area contributed by atoms with Crippen LogP contribution in [0, 0.1) is 11.6 Å². The molecule has 0 aromatic heterocycles. The third kappa shape index (κ3) is 3.61. The lowest BCUT2D eigenvalue weighted by atomic mass is 10.2. The molecule has 0 amide bonds. The Hall–Kier alpha value is -1.27. The molecule has 0 bridgehead atoms. The highest BCUT2D eigenvalue weighted by Gasteiger charge is 2.15. The zero-order valence-electron chi connectivity index (χ0n) is 9.71. The fourth-order valence-electron chi connectivity index (χ4n) is 1.77. The predicted molar refractivity (Wildman–Crippen MR) is 69.6 cm³/mol. The van der Waals surface area contributed by atoms with Crippen LogP contribution in [-0.4, -0.2) is 24.4 Å². The summed E-state index contributed by atoms with van der Waals surface area (Å²) in [6, 6.07) is 3.30. The largest absolute Gasteiger partial charge is 0.376 e. The second-order valence-corrected chi connectivity index (χ2v) is 4.50. The number of halogens is 2. The molecule has 1 aliphatic heterocycles. The van der Waals surface area contributed by atoms with E-state index >= 15 is 0 Å². The number of benzene rings is 1. The highest BCUT2D eigenvalue weighted by molar-refractivity contribution is 7.80. The lowest BCUT2D eigenvalue weighted by Gasteiger charge is -2.14. The second-order valence-electron chi connectivity index (χ2n) is 4.09. The summed E-state index contributed by atoms with van der Waals surface area (Å²) in [5, 5.41) is 5.94. The van der Waals surface area contributed by atoms with Gasteiger partial charge < -0.3 is 15.4 Å². The number of ether oxygens (including phenoxy) is 1. The van der Waals surface area contributed by atoms with Crippen molar-refractivity contribution in [3.05, 3.63) is 29.8 Å². The molecule has 98 valence electrons. The van der Waals surface area contributed by atoms with E-state index in [-0.39, 0.29) is 11.8 Å². The Bertz CT molecular complexity index is 436. The minimum absolute atomic E-state index is 0.154. The fraction of sp³-hybridized carbons (Fsp3) is 0.417. The van der Waals surface area contributed by atoms with Gasteiger partial charge in [0.25, 0.3) is 0 Å². The van der Waals surface area contributed by atoms with Gasteiger partial charge in [-0.3, -0.25) is 0 Å². The smallest absolute Gasteiger partial charge is 0.170 e. The minimum Gasteiger partial charge on any atom is -0.376 e. The predicted octanol–water partition coefficient (Wildman–Crippen LogP) is 2.43. The summed E-state index contributed by atoms with van der Waals surface area (Å²) in [6.07, 6.45) is 2.21. The first-order chi connectivity index (χ1) is 8.65. The summed E-state index contributed by atoms with van der Waals surface area (Å²) in [4.78, 5) is 0. The number of hydrogen-bond donors (Lipinski definition) is 2. The maximum Gasteiger partial charge on any atom is 0.170 e. The van der Waals surface area contributed by atoms with Gasteiger partial charge in [0, 0.05) is 19.2 Å². The average Bonchev–Trinajstić information content (AvgIpc) is 2.83. The van der Waals surface area contributed by atoms with E-state index in [1.807, 2.05) is 0 Å². The van der Waals surface area contributed by atoms with E-state index in [0.717, 1.165) is 25.5 Å². The zero-order valence-corrected chi connectivity index (χ0v) is 10.5. The van der Waals surface area contributed by atoms with Gasteiger partial charge >= 0.3 is 0 Å². The van der Waals surface area contributed by atoms with Gasteiger partial charge in [-0.2, -0.15) is 0 Å². The van der Waals surface area contributed by atoms with Crippen molar-refractivity contribution in [1.82, 2.24) is 5.32 Å². The highest BCUT2D eigenvalue weighted by Crippen LogP contribution is 2.15. The standard InChI is InChI=1S/C12H14F2N2OS/c13-8-3-4-11(10(14)6-8)16-12(18)15-7-9-2-1-5-17-9/h3-4,6,9H,1-2,5,7H2,(H2,15,16,18). The molecule has 0 radical (unpaired) electrons. The van der Waals surface area contributed by atoms with Gasteiger partial charge in [0.15, 0.2) is 5.11 Å².